The average Bonchev–Trinajstić information content (AvgIpc) is 3.12. The summed E-state index contributed by atoms with van der Waals surface area (Å²) in [5.41, 5.74) is 3.31. The average molecular weight is 337 g/mol. The van der Waals surface area contributed by atoms with Crippen LogP contribution in [0.2, 0.25) is 0 Å². The summed E-state index contributed by atoms with van der Waals surface area (Å²) < 4.78 is 32.8. The van der Waals surface area contributed by atoms with E-state index in [0.29, 0.717) is 17.7 Å². The second-order valence-corrected chi connectivity index (χ2v) is 6.17. The van der Waals surface area contributed by atoms with Crippen molar-refractivity contribution in [2.45, 2.75) is 13.0 Å². The lowest BCUT2D eigenvalue weighted by molar-refractivity contribution is -0.686. The van der Waals surface area contributed by atoms with Crippen LogP contribution in [0.1, 0.15) is 6.93 Å². The molecule has 0 unspecified atom stereocenters. The van der Waals surface area contributed by atoms with Crippen molar-refractivity contribution in [2.24, 2.45) is 0 Å². The number of aromatic nitrogens is 1. The summed E-state index contributed by atoms with van der Waals surface area (Å²) in [7, 11) is 3.22. The Hall–Kier alpha value is -2.95. The largest absolute Gasteiger partial charge is 0.493 e. The number of nitrogens with zero attached hydrogens (tertiary/aromatic N) is 1. The highest BCUT2D eigenvalue weighted by Crippen LogP contribution is 2.41. The van der Waals surface area contributed by atoms with Gasteiger partial charge in [-0.05, 0) is 35.2 Å². The quantitative estimate of drug-likeness (QED) is 0.674. The zero-order valence-corrected chi connectivity index (χ0v) is 14.1. The van der Waals surface area contributed by atoms with Crippen LogP contribution in [0, 0.1) is 0 Å². The van der Waals surface area contributed by atoms with E-state index in [2.05, 4.69) is 12.1 Å². The zero-order valence-electron chi connectivity index (χ0n) is 15.1. The molecule has 0 fully saturated rings. The van der Waals surface area contributed by atoms with Crippen LogP contribution in [0.4, 0.5) is 0 Å². The fraction of sp³-hybridized carbons (Fsp3) is 0.250. The maximum Gasteiger partial charge on any atom is 0.231 e. The molecule has 0 radical (unpaired) electrons. The molecule has 3 aromatic rings. The van der Waals surface area contributed by atoms with Gasteiger partial charge in [0.05, 0.1) is 25.2 Å². The molecule has 0 saturated carbocycles. The summed E-state index contributed by atoms with van der Waals surface area (Å²) in [5.74, 6) is 2.79. The molecule has 25 heavy (non-hydrogen) atoms. The van der Waals surface area contributed by atoms with Crippen molar-refractivity contribution in [3.63, 3.8) is 0 Å². The molecular formula is C20H18NO4+. The van der Waals surface area contributed by atoms with Crippen molar-refractivity contribution in [1.82, 2.24) is 0 Å². The summed E-state index contributed by atoms with van der Waals surface area (Å²) in [4.78, 5) is 0. The summed E-state index contributed by atoms with van der Waals surface area (Å²) >= 11 is 0. The molecule has 5 heteroatoms. The van der Waals surface area contributed by atoms with Crippen LogP contribution < -0.4 is 23.5 Å². The highest BCUT2D eigenvalue weighted by Gasteiger charge is 2.28. The molecule has 2 aromatic carbocycles. The lowest BCUT2D eigenvalue weighted by atomic mass is 9.95. The number of ether oxygens (including phenoxy) is 4. The van der Waals surface area contributed by atoms with Crippen molar-refractivity contribution in [3.8, 4) is 34.3 Å². The first-order valence-corrected chi connectivity index (χ1v) is 8.22. The van der Waals surface area contributed by atoms with Crippen LogP contribution in [0.15, 0.2) is 36.5 Å². The minimum absolute atomic E-state index is 0.261. The van der Waals surface area contributed by atoms with Crippen molar-refractivity contribution >= 4 is 10.8 Å². The first-order valence-electron chi connectivity index (χ1n) is 8.72. The molecule has 2 aliphatic rings. The van der Waals surface area contributed by atoms with Crippen molar-refractivity contribution in [3.05, 3.63) is 42.1 Å². The van der Waals surface area contributed by atoms with Gasteiger partial charge in [0, 0.05) is 12.5 Å². The standard InChI is InChI=1S/C20H18NO4/c1-22-17-4-3-12-7-16-14-9-19-18(24-11-25-19)8-13(14)5-6-21(16)10-15(12)20(17)23-2/h3-4,7-10H,5-6,11H2,1-2H3/q+1/i10D. The first kappa shape index (κ1) is 13.4. The van der Waals surface area contributed by atoms with E-state index in [0.717, 1.165) is 46.5 Å². The molecule has 0 bridgehead atoms. The molecule has 1 aromatic heterocycles. The molecule has 3 heterocycles. The molecule has 0 aliphatic carbocycles. The molecule has 126 valence electrons. The van der Waals surface area contributed by atoms with Gasteiger partial charge in [-0.1, -0.05) is 0 Å². The van der Waals surface area contributed by atoms with E-state index in [1.807, 2.05) is 22.8 Å². The number of methoxy groups -OCH3 is 2. The topological polar surface area (TPSA) is 40.8 Å². The maximum absolute atomic E-state index is 8.80. The number of fused-ring (bicyclic) bond motifs is 5. The Balaban J connectivity index is 1.81. The van der Waals surface area contributed by atoms with Crippen molar-refractivity contribution < 1.29 is 24.9 Å². The Labute approximate surface area is 146 Å². The van der Waals surface area contributed by atoms with Crippen molar-refractivity contribution in [2.75, 3.05) is 21.0 Å². The second kappa shape index (κ2) is 5.28. The van der Waals surface area contributed by atoms with Crippen LogP contribution >= 0.6 is 0 Å². The minimum Gasteiger partial charge on any atom is -0.493 e. The molecule has 0 spiro atoms. The summed E-state index contributed by atoms with van der Waals surface area (Å²) in [5, 5.41) is 1.71. The first-order chi connectivity index (χ1) is 12.7. The lowest BCUT2D eigenvalue weighted by Crippen LogP contribution is -2.40. The van der Waals surface area contributed by atoms with E-state index in [9.17, 15) is 0 Å². The fourth-order valence-electron chi connectivity index (χ4n) is 3.66. The molecule has 0 saturated heterocycles. The van der Waals surface area contributed by atoms with Gasteiger partial charge in [-0.2, -0.15) is 4.57 Å². The van der Waals surface area contributed by atoms with E-state index in [-0.39, 0.29) is 6.79 Å². The number of hydrogen-bond donors (Lipinski definition) is 0. The van der Waals surface area contributed by atoms with Crippen LogP contribution in [-0.4, -0.2) is 21.0 Å². The maximum atomic E-state index is 8.80. The van der Waals surface area contributed by atoms with Gasteiger partial charge in [-0.15, -0.1) is 0 Å². The van der Waals surface area contributed by atoms with Gasteiger partial charge in [-0.3, -0.25) is 0 Å². The number of rotatable bonds is 2. The third-order valence-corrected chi connectivity index (χ3v) is 4.89. The predicted molar refractivity (Wildman–Crippen MR) is 92.5 cm³/mol. The smallest absolute Gasteiger partial charge is 0.231 e. The summed E-state index contributed by atoms with van der Waals surface area (Å²) in [6.07, 6.45) is 1.27. The van der Waals surface area contributed by atoms with Gasteiger partial charge in [0.1, 0.15) is 1.37 Å². The SMILES string of the molecule is [2H]c1c2c(OC)c(OC)ccc2cc2[n+]1CCc1cc3c(cc1-2)OCO3. The number of pyridine rings is 1. The normalized spacial score (nSPS) is 14.7. The highest BCUT2D eigenvalue weighted by molar-refractivity contribution is 5.91. The lowest BCUT2D eigenvalue weighted by Gasteiger charge is -2.17. The molecule has 2 aliphatic heterocycles. The Kier molecular flexibility index (Phi) is 2.82. The van der Waals surface area contributed by atoms with Crippen LogP contribution in [0.3, 0.4) is 0 Å². The Morgan fingerprint density at radius 2 is 1.92 bits per heavy atom. The third kappa shape index (κ3) is 2.05. The van der Waals surface area contributed by atoms with E-state index in [4.69, 9.17) is 20.3 Å². The van der Waals surface area contributed by atoms with Gasteiger partial charge in [0.2, 0.25) is 12.5 Å². The molecule has 0 N–H and O–H groups in total. The monoisotopic (exact) mass is 337 g/mol. The zero-order chi connectivity index (χ0) is 17.8. The number of benzene rings is 2. The van der Waals surface area contributed by atoms with Gasteiger partial charge < -0.3 is 18.9 Å². The summed E-state index contributed by atoms with van der Waals surface area (Å²) in [6.45, 7) is 0.994. The van der Waals surface area contributed by atoms with Crippen molar-refractivity contribution in [1.29, 1.82) is 0 Å². The van der Waals surface area contributed by atoms with E-state index in [1.165, 1.54) is 5.56 Å². The second-order valence-electron chi connectivity index (χ2n) is 6.17. The van der Waals surface area contributed by atoms with Gasteiger partial charge >= 0.3 is 0 Å². The van der Waals surface area contributed by atoms with Crippen LogP contribution in [0.5, 0.6) is 23.0 Å². The van der Waals surface area contributed by atoms with Gasteiger partial charge in [-0.25, -0.2) is 0 Å². The molecule has 0 amide bonds. The number of hydrogen-bond acceptors (Lipinski definition) is 4. The van der Waals surface area contributed by atoms with E-state index >= 15 is 0 Å². The van der Waals surface area contributed by atoms with E-state index in [1.54, 1.807) is 14.2 Å². The fourth-order valence-corrected chi connectivity index (χ4v) is 3.66. The van der Waals surface area contributed by atoms with Crippen LogP contribution in [-0.2, 0) is 13.0 Å². The molecular weight excluding hydrogens is 318 g/mol. The van der Waals surface area contributed by atoms with E-state index < -0.39 is 0 Å². The summed E-state index contributed by atoms with van der Waals surface area (Å²) in [6, 6.07) is 10.0. The predicted octanol–water partition coefficient (Wildman–Crippen LogP) is 3.10. The molecule has 0 atom stereocenters. The number of aryl methyl sites for hydroxylation is 1. The Bertz CT molecular complexity index is 1060. The Morgan fingerprint density at radius 3 is 2.72 bits per heavy atom. The highest BCUT2D eigenvalue weighted by atomic mass is 16.7. The minimum atomic E-state index is 0.261. The Morgan fingerprint density at radius 1 is 1.08 bits per heavy atom. The van der Waals surface area contributed by atoms with Gasteiger partial charge in [0.15, 0.2) is 35.7 Å². The molecule has 5 rings (SSSR count). The molecule has 5 nitrogen and oxygen atoms in total. The van der Waals surface area contributed by atoms with Crippen LogP contribution in [0.25, 0.3) is 22.0 Å². The van der Waals surface area contributed by atoms with Gasteiger partial charge in [0.25, 0.3) is 0 Å². The third-order valence-electron chi connectivity index (χ3n) is 4.89.